The molecule has 2 N–H and O–H groups in total. The zero-order chi connectivity index (χ0) is 12.8. The van der Waals surface area contributed by atoms with Crippen molar-refractivity contribution < 1.29 is 4.74 Å². The number of halogens is 1. The molecule has 1 heterocycles. The van der Waals surface area contributed by atoms with Gasteiger partial charge in [-0.1, -0.05) is 19.9 Å². The van der Waals surface area contributed by atoms with Crippen LogP contribution in [0.3, 0.4) is 0 Å². The Labute approximate surface area is 122 Å². The van der Waals surface area contributed by atoms with E-state index in [1.165, 1.54) is 12.8 Å². The summed E-state index contributed by atoms with van der Waals surface area (Å²) in [6.07, 6.45) is 2.49. The monoisotopic (exact) mass is 284 g/mol. The lowest BCUT2D eigenvalue weighted by atomic mass is 10.1. The number of nitrogens with one attached hydrogen (secondary N) is 2. The van der Waals surface area contributed by atoms with Crippen molar-refractivity contribution in [2.45, 2.75) is 32.7 Å². The second kappa shape index (κ2) is 8.28. The summed E-state index contributed by atoms with van der Waals surface area (Å²) in [5, 5.41) is 6.98. The molecular weight excluding hydrogens is 260 g/mol. The molecule has 1 atom stereocenters. The van der Waals surface area contributed by atoms with Gasteiger partial charge in [0.05, 0.1) is 6.61 Å². The Bertz CT molecular complexity index is 365. The molecule has 0 radical (unpaired) electrons. The van der Waals surface area contributed by atoms with Crippen molar-refractivity contribution in [2.24, 2.45) is 5.92 Å². The number of anilines is 1. The Morgan fingerprint density at radius 3 is 2.95 bits per heavy atom. The first-order chi connectivity index (χ1) is 8.74. The molecule has 1 saturated heterocycles. The fourth-order valence-electron chi connectivity index (χ4n) is 2.15. The van der Waals surface area contributed by atoms with Crippen molar-refractivity contribution in [1.82, 2.24) is 5.32 Å². The van der Waals surface area contributed by atoms with Gasteiger partial charge in [0, 0.05) is 24.3 Å². The van der Waals surface area contributed by atoms with Crippen molar-refractivity contribution in [3.8, 4) is 5.75 Å². The summed E-state index contributed by atoms with van der Waals surface area (Å²) >= 11 is 0. The highest BCUT2D eigenvalue weighted by Crippen LogP contribution is 2.19. The van der Waals surface area contributed by atoms with Gasteiger partial charge in [-0.3, -0.25) is 0 Å². The number of ether oxygens (including phenoxy) is 1. The highest BCUT2D eigenvalue weighted by Gasteiger charge is 2.12. The van der Waals surface area contributed by atoms with E-state index >= 15 is 0 Å². The molecule has 1 aromatic carbocycles. The van der Waals surface area contributed by atoms with Gasteiger partial charge in [0.15, 0.2) is 0 Å². The molecule has 0 aliphatic carbocycles. The number of piperidine rings is 1. The number of benzene rings is 1. The van der Waals surface area contributed by atoms with Gasteiger partial charge in [-0.15, -0.1) is 12.4 Å². The topological polar surface area (TPSA) is 33.3 Å². The normalized spacial score (nSPS) is 18.8. The molecule has 1 fully saturated rings. The third-order valence-electron chi connectivity index (χ3n) is 3.09. The Morgan fingerprint density at radius 2 is 2.26 bits per heavy atom. The Kier molecular flexibility index (Phi) is 7.03. The van der Waals surface area contributed by atoms with Crippen LogP contribution >= 0.6 is 12.4 Å². The molecule has 108 valence electrons. The molecule has 2 rings (SSSR count). The lowest BCUT2D eigenvalue weighted by molar-refractivity contribution is 0.271. The molecule has 1 aliphatic heterocycles. The van der Waals surface area contributed by atoms with Crippen molar-refractivity contribution in [3.63, 3.8) is 0 Å². The van der Waals surface area contributed by atoms with E-state index in [0.29, 0.717) is 12.0 Å². The first-order valence-corrected chi connectivity index (χ1v) is 6.94. The van der Waals surface area contributed by atoms with Gasteiger partial charge in [0.1, 0.15) is 5.75 Å². The molecule has 0 amide bonds. The number of hydrogen-bond donors (Lipinski definition) is 2. The maximum absolute atomic E-state index is 5.74. The zero-order valence-electron chi connectivity index (χ0n) is 11.8. The molecule has 19 heavy (non-hydrogen) atoms. The van der Waals surface area contributed by atoms with Gasteiger partial charge in [-0.25, -0.2) is 0 Å². The average molecular weight is 285 g/mol. The molecule has 3 nitrogen and oxygen atoms in total. The summed E-state index contributed by atoms with van der Waals surface area (Å²) in [6.45, 7) is 7.30. The molecule has 0 spiro atoms. The van der Waals surface area contributed by atoms with Crippen LogP contribution in [0, 0.1) is 5.92 Å². The van der Waals surface area contributed by atoms with Crippen LogP contribution in [0.5, 0.6) is 5.75 Å². The zero-order valence-corrected chi connectivity index (χ0v) is 12.6. The first kappa shape index (κ1) is 16.1. The molecule has 4 heteroatoms. The minimum atomic E-state index is 0. The van der Waals surface area contributed by atoms with Crippen LogP contribution < -0.4 is 15.4 Å². The smallest absolute Gasteiger partial charge is 0.121 e. The highest BCUT2D eigenvalue weighted by atomic mass is 35.5. The second-order valence-electron chi connectivity index (χ2n) is 5.42. The predicted octanol–water partition coefficient (Wildman–Crippen LogP) is 3.31. The van der Waals surface area contributed by atoms with Crippen molar-refractivity contribution in [2.75, 3.05) is 25.0 Å². The molecular formula is C15H25ClN2O. The summed E-state index contributed by atoms with van der Waals surface area (Å²) in [6, 6.07) is 8.81. The fourth-order valence-corrected chi connectivity index (χ4v) is 2.15. The van der Waals surface area contributed by atoms with Crippen LogP contribution in [-0.4, -0.2) is 25.7 Å². The van der Waals surface area contributed by atoms with E-state index < -0.39 is 0 Å². The minimum absolute atomic E-state index is 0. The van der Waals surface area contributed by atoms with Crippen molar-refractivity contribution >= 4 is 18.1 Å². The van der Waals surface area contributed by atoms with Crippen LogP contribution in [-0.2, 0) is 0 Å². The molecule has 1 unspecified atom stereocenters. The SMILES string of the molecule is CC(C)COc1cccc(NC2CCCNC2)c1.Cl. The highest BCUT2D eigenvalue weighted by molar-refractivity contribution is 5.85. The molecule has 1 aromatic rings. The number of hydrogen-bond acceptors (Lipinski definition) is 3. The van der Waals surface area contributed by atoms with Gasteiger partial charge in [-0.2, -0.15) is 0 Å². The van der Waals surface area contributed by atoms with Crippen molar-refractivity contribution in [1.29, 1.82) is 0 Å². The largest absolute Gasteiger partial charge is 0.493 e. The average Bonchev–Trinajstić information content (AvgIpc) is 2.38. The predicted molar refractivity (Wildman–Crippen MR) is 83.5 cm³/mol. The summed E-state index contributed by atoms with van der Waals surface area (Å²) < 4.78 is 5.74. The Morgan fingerprint density at radius 1 is 1.42 bits per heavy atom. The summed E-state index contributed by atoms with van der Waals surface area (Å²) in [4.78, 5) is 0. The first-order valence-electron chi connectivity index (χ1n) is 6.94. The van der Waals surface area contributed by atoms with E-state index in [2.05, 4.69) is 36.6 Å². The summed E-state index contributed by atoms with van der Waals surface area (Å²) in [5.74, 6) is 1.52. The quantitative estimate of drug-likeness (QED) is 0.870. The number of rotatable bonds is 5. The van der Waals surface area contributed by atoms with Crippen LogP contribution in [0.2, 0.25) is 0 Å². The molecule has 0 saturated carbocycles. The summed E-state index contributed by atoms with van der Waals surface area (Å²) in [5.41, 5.74) is 1.16. The van der Waals surface area contributed by atoms with Gasteiger partial charge in [0.2, 0.25) is 0 Å². The summed E-state index contributed by atoms with van der Waals surface area (Å²) in [7, 11) is 0. The third-order valence-corrected chi connectivity index (χ3v) is 3.09. The molecule has 0 bridgehead atoms. The third kappa shape index (κ3) is 5.70. The molecule has 0 aromatic heterocycles. The maximum atomic E-state index is 5.74. The van der Waals surface area contributed by atoms with Gasteiger partial charge >= 0.3 is 0 Å². The van der Waals surface area contributed by atoms with Crippen molar-refractivity contribution in [3.05, 3.63) is 24.3 Å². The van der Waals surface area contributed by atoms with E-state index in [0.717, 1.165) is 31.1 Å². The van der Waals surface area contributed by atoms with E-state index in [1.807, 2.05) is 12.1 Å². The minimum Gasteiger partial charge on any atom is -0.493 e. The van der Waals surface area contributed by atoms with Crippen LogP contribution in [0.1, 0.15) is 26.7 Å². The van der Waals surface area contributed by atoms with Gasteiger partial charge in [-0.05, 0) is 37.4 Å². The lowest BCUT2D eigenvalue weighted by Crippen LogP contribution is -2.38. The molecule has 1 aliphatic rings. The van der Waals surface area contributed by atoms with E-state index in [1.54, 1.807) is 0 Å². The van der Waals surface area contributed by atoms with Crippen LogP contribution in [0.25, 0.3) is 0 Å². The van der Waals surface area contributed by atoms with Crippen LogP contribution in [0.4, 0.5) is 5.69 Å². The Hall–Kier alpha value is -0.930. The lowest BCUT2D eigenvalue weighted by Gasteiger charge is -2.25. The maximum Gasteiger partial charge on any atom is 0.121 e. The standard InChI is InChI=1S/C15H24N2O.ClH/c1-12(2)11-18-15-7-3-5-13(9-15)17-14-6-4-8-16-10-14;/h3,5,7,9,12,14,16-17H,4,6,8,10-11H2,1-2H3;1H. The van der Waals surface area contributed by atoms with Crippen LogP contribution in [0.15, 0.2) is 24.3 Å². The van der Waals surface area contributed by atoms with E-state index in [9.17, 15) is 0 Å². The van der Waals surface area contributed by atoms with Gasteiger partial charge < -0.3 is 15.4 Å². The second-order valence-corrected chi connectivity index (χ2v) is 5.42. The van der Waals surface area contributed by atoms with E-state index in [4.69, 9.17) is 4.74 Å². The van der Waals surface area contributed by atoms with Gasteiger partial charge in [0.25, 0.3) is 0 Å². The van der Waals surface area contributed by atoms with E-state index in [-0.39, 0.29) is 12.4 Å². The fraction of sp³-hybridized carbons (Fsp3) is 0.600. The Balaban J connectivity index is 0.00000180.